The number of nitrogens with one attached hydrogen (secondary N) is 2. The van der Waals surface area contributed by atoms with Gasteiger partial charge in [-0.1, -0.05) is 42.5 Å². The topological polar surface area (TPSA) is 79.0 Å². The molecular weight excluding hydrogens is 316 g/mol. The van der Waals surface area contributed by atoms with Crippen LogP contribution in [0.1, 0.15) is 32.0 Å². The lowest BCUT2D eigenvalue weighted by Gasteiger charge is -2.09. The molecule has 0 atom stereocenters. The van der Waals surface area contributed by atoms with Crippen molar-refractivity contribution < 1.29 is 9.59 Å². The summed E-state index contributed by atoms with van der Waals surface area (Å²) in [6, 6.07) is 17.4. The van der Waals surface area contributed by atoms with Gasteiger partial charge in [0, 0.05) is 22.9 Å². The van der Waals surface area contributed by atoms with Gasteiger partial charge in [-0.05, 0) is 23.3 Å². The van der Waals surface area contributed by atoms with E-state index in [4.69, 9.17) is 0 Å². The SMILES string of the molecule is O=C(NCc1cccc(=O)[nH]1)c1cccc2c1C(=O)c1ccccc1-2. The minimum Gasteiger partial charge on any atom is -0.346 e. The molecule has 0 saturated heterocycles. The van der Waals surface area contributed by atoms with Gasteiger partial charge in [0.2, 0.25) is 5.56 Å². The Bertz CT molecular complexity index is 1070. The third-order valence-corrected chi connectivity index (χ3v) is 4.27. The number of carbonyl (C=O) groups excluding carboxylic acids is 2. The fourth-order valence-electron chi connectivity index (χ4n) is 3.13. The summed E-state index contributed by atoms with van der Waals surface area (Å²) in [6.45, 7) is 0.180. The second-order valence-corrected chi connectivity index (χ2v) is 5.83. The zero-order chi connectivity index (χ0) is 17.4. The van der Waals surface area contributed by atoms with Crippen molar-refractivity contribution in [2.75, 3.05) is 0 Å². The van der Waals surface area contributed by atoms with E-state index in [1.807, 2.05) is 24.3 Å². The Hall–Kier alpha value is -3.47. The highest BCUT2D eigenvalue weighted by Crippen LogP contribution is 2.37. The molecule has 1 amide bonds. The second kappa shape index (κ2) is 5.87. The van der Waals surface area contributed by atoms with Crippen LogP contribution in [0.3, 0.4) is 0 Å². The van der Waals surface area contributed by atoms with Crippen LogP contribution in [0.4, 0.5) is 0 Å². The summed E-state index contributed by atoms with van der Waals surface area (Å²) < 4.78 is 0. The maximum Gasteiger partial charge on any atom is 0.252 e. The summed E-state index contributed by atoms with van der Waals surface area (Å²) in [7, 11) is 0. The normalized spacial score (nSPS) is 11.8. The van der Waals surface area contributed by atoms with Gasteiger partial charge in [-0.2, -0.15) is 0 Å². The number of pyridine rings is 1. The number of H-pyrrole nitrogens is 1. The summed E-state index contributed by atoms with van der Waals surface area (Å²) in [5, 5.41) is 2.76. The molecule has 122 valence electrons. The van der Waals surface area contributed by atoms with Crippen molar-refractivity contribution in [1.82, 2.24) is 10.3 Å². The van der Waals surface area contributed by atoms with Gasteiger partial charge in [0.15, 0.2) is 5.78 Å². The summed E-state index contributed by atoms with van der Waals surface area (Å²) >= 11 is 0. The fourth-order valence-corrected chi connectivity index (χ4v) is 3.13. The number of rotatable bonds is 3. The third-order valence-electron chi connectivity index (χ3n) is 4.27. The number of aromatic amines is 1. The van der Waals surface area contributed by atoms with Crippen LogP contribution in [-0.4, -0.2) is 16.7 Å². The number of aromatic nitrogens is 1. The smallest absolute Gasteiger partial charge is 0.252 e. The van der Waals surface area contributed by atoms with E-state index in [1.165, 1.54) is 6.07 Å². The molecule has 1 aliphatic rings. The predicted molar refractivity (Wildman–Crippen MR) is 93.5 cm³/mol. The molecule has 2 N–H and O–H groups in total. The molecule has 25 heavy (non-hydrogen) atoms. The van der Waals surface area contributed by atoms with E-state index in [-0.39, 0.29) is 23.8 Å². The predicted octanol–water partition coefficient (Wildman–Crippen LogP) is 2.52. The van der Waals surface area contributed by atoms with Crippen LogP contribution in [-0.2, 0) is 6.54 Å². The van der Waals surface area contributed by atoms with E-state index in [0.29, 0.717) is 22.4 Å². The zero-order valence-electron chi connectivity index (χ0n) is 13.2. The van der Waals surface area contributed by atoms with Crippen molar-refractivity contribution in [1.29, 1.82) is 0 Å². The van der Waals surface area contributed by atoms with Crippen LogP contribution in [0.5, 0.6) is 0 Å². The Kier molecular flexibility index (Phi) is 3.54. The molecule has 0 unspecified atom stereocenters. The number of fused-ring (bicyclic) bond motifs is 3. The largest absolute Gasteiger partial charge is 0.346 e. The van der Waals surface area contributed by atoms with Gasteiger partial charge in [-0.25, -0.2) is 0 Å². The van der Waals surface area contributed by atoms with Crippen LogP contribution >= 0.6 is 0 Å². The fraction of sp³-hybridized carbons (Fsp3) is 0.0500. The van der Waals surface area contributed by atoms with E-state index in [9.17, 15) is 14.4 Å². The first kappa shape index (κ1) is 15.1. The molecular formula is C20H14N2O3. The highest BCUT2D eigenvalue weighted by molar-refractivity contribution is 6.25. The number of amides is 1. The molecule has 0 bridgehead atoms. The van der Waals surface area contributed by atoms with E-state index < -0.39 is 0 Å². The minimum absolute atomic E-state index is 0.135. The summed E-state index contributed by atoms with van der Waals surface area (Å²) in [5.41, 5.74) is 3.40. The molecule has 0 saturated carbocycles. The van der Waals surface area contributed by atoms with Gasteiger partial charge in [0.05, 0.1) is 12.1 Å². The molecule has 0 radical (unpaired) electrons. The Labute approximate surface area is 143 Å². The molecule has 2 aromatic carbocycles. The van der Waals surface area contributed by atoms with Crippen molar-refractivity contribution in [2.45, 2.75) is 6.54 Å². The van der Waals surface area contributed by atoms with Crippen LogP contribution in [0.15, 0.2) is 65.5 Å². The lowest BCUT2D eigenvalue weighted by molar-refractivity contribution is 0.0940. The van der Waals surface area contributed by atoms with E-state index in [0.717, 1.165) is 11.1 Å². The Morgan fingerprint density at radius 1 is 0.840 bits per heavy atom. The number of benzene rings is 2. The van der Waals surface area contributed by atoms with E-state index in [1.54, 1.807) is 30.3 Å². The Morgan fingerprint density at radius 2 is 1.56 bits per heavy atom. The van der Waals surface area contributed by atoms with Gasteiger partial charge in [0.25, 0.3) is 5.91 Å². The summed E-state index contributed by atoms with van der Waals surface area (Å²) in [6.07, 6.45) is 0. The molecule has 0 spiro atoms. The quantitative estimate of drug-likeness (QED) is 0.606. The first-order valence-corrected chi connectivity index (χ1v) is 7.88. The van der Waals surface area contributed by atoms with Gasteiger partial charge in [0.1, 0.15) is 0 Å². The number of ketones is 1. The lowest BCUT2D eigenvalue weighted by Crippen LogP contribution is -2.26. The average Bonchev–Trinajstić information content (AvgIpc) is 2.93. The first-order chi connectivity index (χ1) is 12.1. The molecule has 4 rings (SSSR count). The van der Waals surface area contributed by atoms with Crippen molar-refractivity contribution in [3.8, 4) is 11.1 Å². The van der Waals surface area contributed by atoms with Gasteiger partial charge in [-0.3, -0.25) is 14.4 Å². The first-order valence-electron chi connectivity index (χ1n) is 7.88. The Balaban J connectivity index is 1.65. The lowest BCUT2D eigenvalue weighted by atomic mass is 10.0. The summed E-state index contributed by atoms with van der Waals surface area (Å²) in [4.78, 5) is 39.3. The number of carbonyl (C=O) groups is 2. The van der Waals surface area contributed by atoms with Gasteiger partial charge < -0.3 is 10.3 Å². The van der Waals surface area contributed by atoms with Crippen molar-refractivity contribution in [3.63, 3.8) is 0 Å². The molecule has 5 heteroatoms. The molecule has 1 heterocycles. The molecule has 0 fully saturated rings. The van der Waals surface area contributed by atoms with Crippen LogP contribution in [0.2, 0.25) is 0 Å². The standard InChI is InChI=1S/C20H14N2O3/c23-17-10-3-5-12(22-17)11-21-20(25)16-9-4-8-14-13-6-1-2-7-15(13)19(24)18(14)16/h1-10H,11H2,(H,21,25)(H,22,23). The van der Waals surface area contributed by atoms with Crippen molar-refractivity contribution >= 4 is 11.7 Å². The van der Waals surface area contributed by atoms with Gasteiger partial charge in [-0.15, -0.1) is 0 Å². The monoisotopic (exact) mass is 330 g/mol. The Morgan fingerprint density at radius 3 is 2.36 bits per heavy atom. The van der Waals surface area contributed by atoms with Crippen LogP contribution in [0.25, 0.3) is 11.1 Å². The van der Waals surface area contributed by atoms with Crippen molar-refractivity contribution in [2.24, 2.45) is 0 Å². The highest BCUT2D eigenvalue weighted by atomic mass is 16.2. The van der Waals surface area contributed by atoms with E-state index >= 15 is 0 Å². The van der Waals surface area contributed by atoms with E-state index in [2.05, 4.69) is 10.3 Å². The maximum atomic E-state index is 12.7. The van der Waals surface area contributed by atoms with Gasteiger partial charge >= 0.3 is 0 Å². The average molecular weight is 330 g/mol. The minimum atomic E-state index is -0.345. The molecule has 1 aromatic heterocycles. The van der Waals surface area contributed by atoms with Crippen molar-refractivity contribution in [3.05, 3.63) is 93.4 Å². The zero-order valence-corrected chi connectivity index (χ0v) is 13.2. The number of hydrogen-bond donors (Lipinski definition) is 2. The van der Waals surface area contributed by atoms with Crippen LogP contribution in [0, 0.1) is 0 Å². The molecule has 0 aliphatic heterocycles. The number of hydrogen-bond acceptors (Lipinski definition) is 3. The maximum absolute atomic E-state index is 12.7. The molecule has 1 aliphatic carbocycles. The summed E-state index contributed by atoms with van der Waals surface area (Å²) in [5.74, 6) is -0.479. The van der Waals surface area contributed by atoms with Crippen LogP contribution < -0.4 is 10.9 Å². The molecule has 5 nitrogen and oxygen atoms in total. The molecule has 3 aromatic rings. The second-order valence-electron chi connectivity index (χ2n) is 5.83. The third kappa shape index (κ3) is 2.55. The highest BCUT2D eigenvalue weighted by Gasteiger charge is 2.30.